The van der Waals surface area contributed by atoms with Crippen LogP contribution in [0.15, 0.2) is 64.5 Å². The van der Waals surface area contributed by atoms with Crippen molar-refractivity contribution in [3.05, 3.63) is 80.0 Å². The summed E-state index contributed by atoms with van der Waals surface area (Å²) in [6, 6.07) is 10.9. The maximum atomic E-state index is 14.3. The first-order valence-electron chi connectivity index (χ1n) is 9.32. The Kier molecular flexibility index (Phi) is 7.10. The van der Waals surface area contributed by atoms with Crippen molar-refractivity contribution in [2.45, 2.75) is 24.7 Å². The fourth-order valence-electron chi connectivity index (χ4n) is 3.52. The number of hydrogen-bond acceptors (Lipinski definition) is 6. The highest BCUT2D eigenvalue weighted by Gasteiger charge is 2.66. The molecule has 2 aromatic rings. The Morgan fingerprint density at radius 1 is 1.38 bits per heavy atom. The number of halogens is 4. The van der Waals surface area contributed by atoms with E-state index in [0.29, 0.717) is 5.57 Å². The Balaban J connectivity index is 2.33. The zero-order valence-electron chi connectivity index (χ0n) is 16.7. The summed E-state index contributed by atoms with van der Waals surface area (Å²) in [6.45, 7) is 5.42. The number of rotatable bonds is 6. The van der Waals surface area contributed by atoms with E-state index in [9.17, 15) is 28.3 Å². The maximum Gasteiger partial charge on any atom is 0.437 e. The van der Waals surface area contributed by atoms with Crippen LogP contribution in [0.5, 0.6) is 0 Å². The molecule has 0 fully saturated rings. The molecule has 3 rings (SSSR count). The molecule has 0 saturated heterocycles. The van der Waals surface area contributed by atoms with Crippen LogP contribution in [0.1, 0.15) is 28.1 Å². The van der Waals surface area contributed by atoms with Gasteiger partial charge in [0, 0.05) is 16.7 Å². The lowest BCUT2D eigenvalue weighted by atomic mass is 9.70. The van der Waals surface area contributed by atoms with Crippen molar-refractivity contribution < 1.29 is 23.1 Å². The van der Waals surface area contributed by atoms with E-state index in [-0.39, 0.29) is 31.8 Å². The number of carbonyl (C=O) groups excluding carboxylic acids is 1. The Hall–Kier alpha value is -2.25. The molecule has 2 heterocycles. The highest BCUT2D eigenvalue weighted by Crippen LogP contribution is 2.52. The molecule has 1 aromatic carbocycles. The standard InChI is InChI=1S/C22H18ClF3N2O2S2/c1-12(2)11-32-20-14(10-27)17(13-6-3-4-7-15(13)23)18(19(29)16-8-5-9-31-16)21(30,28-20)22(24,25)26/h3-9,17-18,28,30H,1,11H2,2H3/t17-,18+,21+/m0/s1. The molecule has 0 unspecified atom stereocenters. The molecule has 4 nitrogen and oxygen atoms in total. The Morgan fingerprint density at radius 2 is 2.06 bits per heavy atom. The molecule has 32 heavy (non-hydrogen) atoms. The van der Waals surface area contributed by atoms with Crippen LogP contribution in [0.4, 0.5) is 13.2 Å². The quantitative estimate of drug-likeness (QED) is 0.384. The average molecular weight is 499 g/mol. The van der Waals surface area contributed by atoms with Crippen molar-refractivity contribution in [2.75, 3.05) is 5.75 Å². The zero-order chi connectivity index (χ0) is 23.7. The molecule has 10 heteroatoms. The molecule has 2 N–H and O–H groups in total. The number of thiophene rings is 1. The fraction of sp³-hybridized carbons (Fsp3) is 0.273. The smallest absolute Gasteiger partial charge is 0.363 e. The van der Waals surface area contributed by atoms with Crippen LogP contribution < -0.4 is 5.32 Å². The van der Waals surface area contributed by atoms with Crippen LogP contribution in [0.2, 0.25) is 5.02 Å². The lowest BCUT2D eigenvalue weighted by Crippen LogP contribution is -2.66. The number of nitrogens with one attached hydrogen (secondary N) is 1. The molecule has 0 aliphatic carbocycles. The van der Waals surface area contributed by atoms with Gasteiger partial charge in [-0.1, -0.05) is 48.0 Å². The first kappa shape index (κ1) is 24.4. The van der Waals surface area contributed by atoms with Gasteiger partial charge in [0.05, 0.1) is 27.5 Å². The van der Waals surface area contributed by atoms with Crippen molar-refractivity contribution in [1.82, 2.24) is 5.32 Å². The second-order valence-electron chi connectivity index (χ2n) is 7.31. The highest BCUT2D eigenvalue weighted by atomic mass is 35.5. The van der Waals surface area contributed by atoms with Crippen LogP contribution in [-0.4, -0.2) is 28.5 Å². The number of hydrogen-bond donors (Lipinski definition) is 2. The number of nitriles is 1. The second-order valence-corrected chi connectivity index (χ2v) is 9.65. The highest BCUT2D eigenvalue weighted by molar-refractivity contribution is 8.03. The first-order chi connectivity index (χ1) is 15.0. The maximum absolute atomic E-state index is 14.3. The minimum absolute atomic E-state index is 0.0341. The molecule has 3 atom stereocenters. The van der Waals surface area contributed by atoms with Gasteiger partial charge in [0.25, 0.3) is 0 Å². The molecule has 1 aliphatic rings. The Labute approximate surface area is 196 Å². The van der Waals surface area contributed by atoms with Crippen LogP contribution in [0.25, 0.3) is 0 Å². The number of allylic oxidation sites excluding steroid dienone is 1. The van der Waals surface area contributed by atoms with E-state index in [1.54, 1.807) is 24.4 Å². The molecule has 0 amide bonds. The predicted octanol–water partition coefficient (Wildman–Crippen LogP) is 5.88. The lowest BCUT2D eigenvalue weighted by molar-refractivity contribution is -0.285. The van der Waals surface area contributed by atoms with E-state index in [1.807, 2.05) is 6.07 Å². The van der Waals surface area contributed by atoms with Gasteiger partial charge >= 0.3 is 6.18 Å². The van der Waals surface area contributed by atoms with Crippen molar-refractivity contribution >= 4 is 40.5 Å². The van der Waals surface area contributed by atoms with Gasteiger partial charge in [-0.25, -0.2) is 0 Å². The molecular formula is C22H18ClF3N2O2S2. The SMILES string of the molecule is C=C(C)CSC1=C(C#N)[C@H](c2ccccc2Cl)[C@H](C(=O)c2cccs2)[C@@](O)(C(F)(F)F)N1. The van der Waals surface area contributed by atoms with Gasteiger partial charge in [-0.05, 0) is 30.0 Å². The van der Waals surface area contributed by atoms with Crippen molar-refractivity contribution in [1.29, 1.82) is 5.26 Å². The number of aliphatic hydroxyl groups is 1. The van der Waals surface area contributed by atoms with Gasteiger partial charge < -0.3 is 10.4 Å². The minimum Gasteiger partial charge on any atom is -0.363 e. The summed E-state index contributed by atoms with van der Waals surface area (Å²) in [5.74, 6) is -4.23. The van der Waals surface area contributed by atoms with Gasteiger partial charge in [0.15, 0.2) is 5.78 Å². The third-order valence-corrected chi connectivity index (χ3v) is 7.42. The number of benzene rings is 1. The van der Waals surface area contributed by atoms with E-state index in [0.717, 1.165) is 23.1 Å². The van der Waals surface area contributed by atoms with Crippen LogP contribution in [0, 0.1) is 17.2 Å². The lowest BCUT2D eigenvalue weighted by Gasteiger charge is -2.45. The van der Waals surface area contributed by atoms with Crippen LogP contribution >= 0.6 is 34.7 Å². The van der Waals surface area contributed by atoms with Gasteiger partial charge in [-0.3, -0.25) is 4.79 Å². The first-order valence-corrected chi connectivity index (χ1v) is 11.6. The Bertz CT molecular complexity index is 1110. The van der Waals surface area contributed by atoms with E-state index in [1.165, 1.54) is 24.3 Å². The summed E-state index contributed by atoms with van der Waals surface area (Å²) in [5, 5.41) is 24.5. The average Bonchev–Trinajstić information content (AvgIpc) is 3.26. The molecule has 0 spiro atoms. The van der Waals surface area contributed by atoms with Crippen molar-refractivity contribution in [2.24, 2.45) is 5.92 Å². The molecule has 0 bridgehead atoms. The molecule has 0 saturated carbocycles. The summed E-state index contributed by atoms with van der Waals surface area (Å²) in [5.41, 5.74) is -2.93. The number of carbonyl (C=O) groups is 1. The third-order valence-electron chi connectivity index (χ3n) is 4.95. The predicted molar refractivity (Wildman–Crippen MR) is 120 cm³/mol. The fourth-order valence-corrected chi connectivity index (χ4v) is 5.42. The summed E-state index contributed by atoms with van der Waals surface area (Å²) in [6.07, 6.45) is -5.24. The number of thioether (sulfide) groups is 1. The molecule has 1 aliphatic heterocycles. The number of alkyl halides is 3. The van der Waals surface area contributed by atoms with Gasteiger partial charge in [-0.2, -0.15) is 18.4 Å². The number of nitrogens with zero attached hydrogens (tertiary/aromatic N) is 1. The summed E-state index contributed by atoms with van der Waals surface area (Å²) >= 11 is 8.18. The number of ketones is 1. The van der Waals surface area contributed by atoms with Gasteiger partial charge in [-0.15, -0.1) is 23.1 Å². The zero-order valence-corrected chi connectivity index (χ0v) is 19.1. The second kappa shape index (κ2) is 9.32. The van der Waals surface area contributed by atoms with E-state index < -0.39 is 29.5 Å². The third kappa shape index (κ3) is 4.46. The monoisotopic (exact) mass is 498 g/mol. The summed E-state index contributed by atoms with van der Waals surface area (Å²) in [7, 11) is 0. The minimum atomic E-state index is -5.24. The largest absolute Gasteiger partial charge is 0.437 e. The normalized spacial score (nSPS) is 23.4. The molecular weight excluding hydrogens is 481 g/mol. The van der Waals surface area contributed by atoms with E-state index >= 15 is 0 Å². The summed E-state index contributed by atoms with van der Waals surface area (Å²) < 4.78 is 43.0. The molecule has 1 aromatic heterocycles. The molecule has 0 radical (unpaired) electrons. The molecule has 168 valence electrons. The van der Waals surface area contributed by atoms with E-state index in [4.69, 9.17) is 11.6 Å². The van der Waals surface area contributed by atoms with Crippen molar-refractivity contribution in [3.63, 3.8) is 0 Å². The van der Waals surface area contributed by atoms with Crippen molar-refractivity contribution in [3.8, 4) is 6.07 Å². The van der Waals surface area contributed by atoms with Crippen LogP contribution in [0.3, 0.4) is 0 Å². The summed E-state index contributed by atoms with van der Waals surface area (Å²) in [4.78, 5) is 13.4. The van der Waals surface area contributed by atoms with Gasteiger partial charge in [0.1, 0.15) is 0 Å². The van der Waals surface area contributed by atoms with E-state index in [2.05, 4.69) is 11.9 Å². The Morgan fingerprint density at radius 3 is 2.59 bits per heavy atom. The topological polar surface area (TPSA) is 73.1 Å². The van der Waals surface area contributed by atoms with Crippen LogP contribution in [-0.2, 0) is 0 Å². The van der Waals surface area contributed by atoms with Gasteiger partial charge in [0.2, 0.25) is 5.72 Å². The number of Topliss-reactive ketones (excluding diaryl/α,β-unsaturated/α-hetero) is 1.